The Bertz CT molecular complexity index is 1110. The van der Waals surface area contributed by atoms with E-state index in [9.17, 15) is 24.3 Å². The third-order valence-electron chi connectivity index (χ3n) is 6.92. The van der Waals surface area contributed by atoms with Crippen molar-refractivity contribution in [2.24, 2.45) is 11.7 Å². The Balaban J connectivity index is 1.82. The molecule has 2 aromatic rings. The Morgan fingerprint density at radius 3 is 2.45 bits per heavy atom. The van der Waals surface area contributed by atoms with Crippen LogP contribution < -0.4 is 27.0 Å². The first kappa shape index (κ1) is 29.1. The minimum atomic E-state index is -1.15. The lowest BCUT2D eigenvalue weighted by molar-refractivity contribution is -0.143. The molecule has 11 heteroatoms. The summed E-state index contributed by atoms with van der Waals surface area (Å²) >= 11 is 0. The monoisotopic (exact) mass is 528 g/mol. The molecular weight excluding hydrogens is 488 g/mol. The molecule has 1 aromatic carbocycles. The number of benzene rings is 1. The fraction of sp³-hybridized carbons (Fsp3) is 0.556. The molecule has 4 unspecified atom stereocenters. The summed E-state index contributed by atoms with van der Waals surface area (Å²) in [5, 5.41) is 21.9. The van der Waals surface area contributed by atoms with Crippen molar-refractivity contribution in [2.45, 2.75) is 76.5 Å². The number of nitrogens with two attached hydrogens (primary N) is 1. The molecule has 8 N–H and O–H groups in total. The van der Waals surface area contributed by atoms with Crippen molar-refractivity contribution in [2.75, 3.05) is 13.1 Å². The number of amides is 3. The number of aromatic nitrogens is 1. The number of nitrogens with one attached hydrogen (secondary N) is 5. The fourth-order valence-electron chi connectivity index (χ4n) is 4.71. The van der Waals surface area contributed by atoms with Crippen LogP contribution in [0.3, 0.4) is 0 Å². The van der Waals surface area contributed by atoms with E-state index in [1.165, 1.54) is 0 Å². The van der Waals surface area contributed by atoms with Gasteiger partial charge in [-0.15, -0.1) is 0 Å². The third kappa shape index (κ3) is 7.78. The maximum absolute atomic E-state index is 13.5. The molecule has 0 bridgehead atoms. The second kappa shape index (κ2) is 13.9. The number of carboxylic acid groups (broad SMARTS) is 1. The van der Waals surface area contributed by atoms with Gasteiger partial charge in [0.15, 0.2) is 0 Å². The van der Waals surface area contributed by atoms with E-state index in [4.69, 9.17) is 5.73 Å². The number of carboxylic acids is 1. The molecule has 4 atom stereocenters. The molecule has 0 aliphatic carbocycles. The van der Waals surface area contributed by atoms with Gasteiger partial charge in [0.05, 0.1) is 6.04 Å². The van der Waals surface area contributed by atoms with Crippen LogP contribution >= 0.6 is 0 Å². The molecule has 3 amide bonds. The minimum absolute atomic E-state index is 0.139. The van der Waals surface area contributed by atoms with Crippen molar-refractivity contribution < 1.29 is 24.3 Å². The second-order valence-electron chi connectivity index (χ2n) is 10.2. The molecule has 208 valence electrons. The Morgan fingerprint density at radius 2 is 1.79 bits per heavy atom. The van der Waals surface area contributed by atoms with Crippen molar-refractivity contribution in [1.82, 2.24) is 26.3 Å². The molecule has 0 saturated carbocycles. The number of carbonyl (C=O) groups excluding carboxylic acids is 3. The van der Waals surface area contributed by atoms with Crippen LogP contribution in [0.15, 0.2) is 30.5 Å². The Morgan fingerprint density at radius 1 is 1.05 bits per heavy atom. The van der Waals surface area contributed by atoms with Gasteiger partial charge in [-0.2, -0.15) is 0 Å². The van der Waals surface area contributed by atoms with E-state index >= 15 is 0 Å². The predicted octanol–water partition coefficient (Wildman–Crippen LogP) is 0.786. The largest absolute Gasteiger partial charge is 0.480 e. The molecule has 11 nitrogen and oxygen atoms in total. The number of aromatic amines is 1. The zero-order valence-electron chi connectivity index (χ0n) is 22.1. The molecule has 1 aromatic heterocycles. The van der Waals surface area contributed by atoms with E-state index in [0.717, 1.165) is 29.4 Å². The first-order valence-electron chi connectivity index (χ1n) is 13.3. The highest BCUT2D eigenvalue weighted by Crippen LogP contribution is 2.19. The highest BCUT2D eigenvalue weighted by molar-refractivity contribution is 5.95. The summed E-state index contributed by atoms with van der Waals surface area (Å²) in [5.41, 5.74) is 7.31. The lowest BCUT2D eigenvalue weighted by Gasteiger charge is -2.26. The molecule has 1 saturated heterocycles. The van der Waals surface area contributed by atoms with Gasteiger partial charge in [0.2, 0.25) is 17.7 Å². The van der Waals surface area contributed by atoms with Crippen molar-refractivity contribution in [3.63, 3.8) is 0 Å². The van der Waals surface area contributed by atoms with Crippen molar-refractivity contribution in [1.29, 1.82) is 0 Å². The summed E-state index contributed by atoms with van der Waals surface area (Å²) in [6.07, 6.45) is 5.18. The van der Waals surface area contributed by atoms with Gasteiger partial charge < -0.3 is 37.1 Å². The first-order chi connectivity index (χ1) is 18.2. The highest BCUT2D eigenvalue weighted by Gasteiger charge is 2.32. The molecule has 1 aliphatic heterocycles. The SMILES string of the molecule is CC(C)C(NC(=O)C(Cc1c[nH]c2ccccc12)NC(=O)C(CCCCN)NC(=O)C1CCCN1)C(=O)O. The molecule has 2 heterocycles. The van der Waals surface area contributed by atoms with Gasteiger partial charge in [0, 0.05) is 23.5 Å². The van der Waals surface area contributed by atoms with Gasteiger partial charge in [-0.3, -0.25) is 14.4 Å². The predicted molar refractivity (Wildman–Crippen MR) is 144 cm³/mol. The number of fused-ring (bicyclic) bond motifs is 1. The van der Waals surface area contributed by atoms with Gasteiger partial charge in [0.1, 0.15) is 18.1 Å². The van der Waals surface area contributed by atoms with Crippen molar-refractivity contribution in [3.05, 3.63) is 36.0 Å². The van der Waals surface area contributed by atoms with Crippen LogP contribution in [0.25, 0.3) is 10.9 Å². The zero-order valence-corrected chi connectivity index (χ0v) is 22.1. The highest BCUT2D eigenvalue weighted by atomic mass is 16.4. The van der Waals surface area contributed by atoms with Gasteiger partial charge in [-0.25, -0.2) is 4.79 Å². The summed E-state index contributed by atoms with van der Waals surface area (Å²) in [4.78, 5) is 54.5. The molecule has 0 radical (unpaired) electrons. The number of unbranched alkanes of at least 4 members (excludes halogenated alkanes) is 1. The molecule has 1 aliphatic rings. The quantitative estimate of drug-likeness (QED) is 0.177. The van der Waals surface area contributed by atoms with Gasteiger partial charge in [-0.1, -0.05) is 32.0 Å². The number of aliphatic carboxylic acids is 1. The standard InChI is InChI=1S/C27H40N6O5/c1-16(2)23(27(37)38)33-26(36)22(14-17-15-30-19-9-4-3-8-18(17)19)32-25(35)21(10-5-6-12-28)31-24(34)20-11-7-13-29-20/h3-4,8-9,15-16,20-23,29-30H,5-7,10-14,28H2,1-2H3,(H,31,34)(H,32,35)(H,33,36)(H,37,38). The smallest absolute Gasteiger partial charge is 0.326 e. The van der Waals surface area contributed by atoms with Crippen LogP contribution in [-0.2, 0) is 25.6 Å². The van der Waals surface area contributed by atoms with Crippen LogP contribution in [-0.4, -0.2) is 71.0 Å². The van der Waals surface area contributed by atoms with E-state index < -0.39 is 35.9 Å². The zero-order chi connectivity index (χ0) is 27.7. The lowest BCUT2D eigenvalue weighted by Crippen LogP contribution is -2.58. The molecule has 0 spiro atoms. The van der Waals surface area contributed by atoms with Gasteiger partial charge in [0.25, 0.3) is 0 Å². The van der Waals surface area contributed by atoms with Gasteiger partial charge in [-0.05, 0) is 62.7 Å². The number of rotatable bonds is 14. The third-order valence-corrected chi connectivity index (χ3v) is 6.92. The van der Waals surface area contributed by atoms with Crippen molar-refractivity contribution >= 4 is 34.6 Å². The molecular formula is C27H40N6O5. The van der Waals surface area contributed by atoms with Crippen LogP contribution in [0.1, 0.15) is 51.5 Å². The Kier molecular flexibility index (Phi) is 10.7. The van der Waals surface area contributed by atoms with E-state index in [1.54, 1.807) is 20.0 Å². The summed E-state index contributed by atoms with van der Waals surface area (Å²) in [6, 6.07) is 4.22. The average Bonchev–Trinajstić information content (AvgIpc) is 3.56. The van der Waals surface area contributed by atoms with E-state index in [0.29, 0.717) is 32.2 Å². The van der Waals surface area contributed by atoms with E-state index in [-0.39, 0.29) is 24.3 Å². The normalized spacial score (nSPS) is 17.6. The maximum atomic E-state index is 13.5. The average molecular weight is 529 g/mol. The first-order valence-corrected chi connectivity index (χ1v) is 13.3. The number of H-pyrrole nitrogens is 1. The van der Waals surface area contributed by atoms with Crippen LogP contribution in [0.2, 0.25) is 0 Å². The summed E-state index contributed by atoms with van der Waals surface area (Å²) in [6.45, 7) is 4.61. The van der Waals surface area contributed by atoms with E-state index in [2.05, 4.69) is 26.3 Å². The van der Waals surface area contributed by atoms with Crippen LogP contribution in [0, 0.1) is 5.92 Å². The summed E-state index contributed by atoms with van der Waals surface area (Å²) in [5.74, 6) is -2.86. The fourth-order valence-corrected chi connectivity index (χ4v) is 4.71. The molecule has 1 fully saturated rings. The Hall–Kier alpha value is -3.44. The van der Waals surface area contributed by atoms with Crippen LogP contribution in [0.5, 0.6) is 0 Å². The van der Waals surface area contributed by atoms with Crippen molar-refractivity contribution in [3.8, 4) is 0 Å². The van der Waals surface area contributed by atoms with Crippen LogP contribution in [0.4, 0.5) is 0 Å². The molecule has 3 rings (SSSR count). The van der Waals surface area contributed by atoms with E-state index in [1.807, 2.05) is 24.3 Å². The number of carbonyl (C=O) groups is 4. The Labute approximate surface area is 222 Å². The molecule has 38 heavy (non-hydrogen) atoms. The number of hydrogen-bond donors (Lipinski definition) is 7. The maximum Gasteiger partial charge on any atom is 0.326 e. The summed E-state index contributed by atoms with van der Waals surface area (Å²) < 4.78 is 0. The summed E-state index contributed by atoms with van der Waals surface area (Å²) in [7, 11) is 0. The number of hydrogen-bond acceptors (Lipinski definition) is 6. The lowest BCUT2D eigenvalue weighted by atomic mass is 10.0. The van der Waals surface area contributed by atoms with Gasteiger partial charge >= 0.3 is 5.97 Å². The number of para-hydroxylation sites is 1. The topological polar surface area (TPSA) is 178 Å². The second-order valence-corrected chi connectivity index (χ2v) is 10.2. The minimum Gasteiger partial charge on any atom is -0.480 e.